The van der Waals surface area contributed by atoms with Gasteiger partial charge in [0.25, 0.3) is 0 Å². The lowest BCUT2D eigenvalue weighted by Crippen LogP contribution is -2.19. The Morgan fingerprint density at radius 2 is 1.69 bits per heavy atom. The second-order valence-electron chi connectivity index (χ2n) is 5.93. The maximum Gasteiger partial charge on any atom is 0.323 e. The van der Waals surface area contributed by atoms with Gasteiger partial charge in [-0.05, 0) is 36.2 Å². The first-order valence-corrected chi connectivity index (χ1v) is 9.29. The number of hydrogen-bond donors (Lipinski definition) is 2. The maximum absolute atomic E-state index is 12.1. The number of rotatable bonds is 4. The summed E-state index contributed by atoms with van der Waals surface area (Å²) in [6, 6.07) is 15.3. The van der Waals surface area contributed by atoms with Gasteiger partial charge in [0, 0.05) is 34.7 Å². The predicted molar refractivity (Wildman–Crippen MR) is 107 cm³/mol. The molecule has 5 nitrogen and oxygen atoms in total. The molecule has 0 unspecified atom stereocenters. The molecule has 6 heteroatoms. The lowest BCUT2D eigenvalue weighted by atomic mass is 10.1. The fourth-order valence-corrected chi connectivity index (χ4v) is 3.41. The highest BCUT2D eigenvalue weighted by molar-refractivity contribution is 7.15. The van der Waals surface area contributed by atoms with Gasteiger partial charge in [-0.25, -0.2) is 9.78 Å². The lowest BCUT2D eigenvalue weighted by molar-refractivity contribution is 0.262. The zero-order chi connectivity index (χ0) is 17.9. The zero-order valence-electron chi connectivity index (χ0n) is 14.3. The smallest absolute Gasteiger partial charge is 0.308 e. The van der Waals surface area contributed by atoms with Crippen molar-refractivity contribution < 1.29 is 4.79 Å². The molecule has 0 atom stereocenters. The summed E-state index contributed by atoms with van der Waals surface area (Å²) in [7, 11) is 0. The third-order valence-corrected chi connectivity index (χ3v) is 4.92. The number of thiazole rings is 1. The van der Waals surface area contributed by atoms with Crippen molar-refractivity contribution in [1.29, 1.82) is 0 Å². The molecule has 0 saturated carbocycles. The summed E-state index contributed by atoms with van der Waals surface area (Å²) in [4.78, 5) is 17.7. The fourth-order valence-electron chi connectivity index (χ4n) is 2.71. The van der Waals surface area contributed by atoms with E-state index in [1.54, 1.807) is 11.3 Å². The first-order valence-electron chi connectivity index (χ1n) is 8.41. The van der Waals surface area contributed by atoms with Crippen LogP contribution in [0, 0.1) is 0 Å². The van der Waals surface area contributed by atoms with Crippen LogP contribution in [-0.2, 0) is 6.42 Å². The highest BCUT2D eigenvalue weighted by Gasteiger charge is 2.07. The molecule has 0 bridgehead atoms. The number of amides is 2. The Labute approximate surface area is 155 Å². The van der Waals surface area contributed by atoms with E-state index in [0.29, 0.717) is 0 Å². The van der Waals surface area contributed by atoms with E-state index in [-0.39, 0.29) is 6.03 Å². The minimum atomic E-state index is -0.260. The molecule has 26 heavy (non-hydrogen) atoms. The van der Waals surface area contributed by atoms with Crippen LogP contribution in [0.1, 0.15) is 12.5 Å². The van der Waals surface area contributed by atoms with Gasteiger partial charge in [-0.1, -0.05) is 31.2 Å². The summed E-state index contributed by atoms with van der Waals surface area (Å²) in [5.41, 5.74) is 4.68. The largest absolute Gasteiger partial charge is 0.323 e. The van der Waals surface area contributed by atoms with E-state index < -0.39 is 0 Å². The lowest BCUT2D eigenvalue weighted by Gasteiger charge is -2.08. The van der Waals surface area contributed by atoms with Crippen LogP contribution >= 0.6 is 11.3 Å². The fraction of sp³-hybridized carbons (Fsp3) is 0.100. The summed E-state index contributed by atoms with van der Waals surface area (Å²) in [6.45, 7) is 2.10. The normalized spacial score (nSPS) is 10.8. The van der Waals surface area contributed by atoms with Gasteiger partial charge in [-0.15, -0.1) is 11.3 Å². The molecule has 0 aliphatic heterocycles. The number of aromatic nitrogens is 2. The number of nitrogens with zero attached hydrogens (tertiary/aromatic N) is 2. The van der Waals surface area contributed by atoms with Crippen molar-refractivity contribution in [3.63, 3.8) is 0 Å². The maximum atomic E-state index is 12.1. The van der Waals surface area contributed by atoms with Crippen molar-refractivity contribution in [3.05, 3.63) is 71.9 Å². The van der Waals surface area contributed by atoms with Gasteiger partial charge in [-0.2, -0.15) is 0 Å². The van der Waals surface area contributed by atoms with Gasteiger partial charge in [-0.3, -0.25) is 4.40 Å². The van der Waals surface area contributed by atoms with Crippen molar-refractivity contribution in [3.8, 4) is 11.3 Å². The van der Waals surface area contributed by atoms with Crippen molar-refractivity contribution >= 4 is 33.7 Å². The molecule has 0 aliphatic rings. The first-order chi connectivity index (χ1) is 12.7. The number of aryl methyl sites for hydroxylation is 1. The van der Waals surface area contributed by atoms with Gasteiger partial charge < -0.3 is 10.6 Å². The van der Waals surface area contributed by atoms with Crippen LogP contribution in [0.25, 0.3) is 16.2 Å². The number of imidazole rings is 1. The molecule has 0 aliphatic carbocycles. The van der Waals surface area contributed by atoms with Crippen molar-refractivity contribution in [2.75, 3.05) is 10.6 Å². The average molecular weight is 362 g/mol. The van der Waals surface area contributed by atoms with E-state index in [0.717, 1.165) is 34.0 Å². The predicted octanol–water partition coefficient (Wildman–Crippen LogP) is 5.27. The molecule has 0 spiro atoms. The van der Waals surface area contributed by atoms with Gasteiger partial charge in [0.2, 0.25) is 0 Å². The summed E-state index contributed by atoms with van der Waals surface area (Å²) in [6.07, 6.45) is 4.97. The van der Waals surface area contributed by atoms with Crippen LogP contribution in [0.5, 0.6) is 0 Å². The number of urea groups is 1. The third kappa shape index (κ3) is 3.45. The van der Waals surface area contributed by atoms with Crippen LogP contribution in [-0.4, -0.2) is 15.4 Å². The molecule has 2 N–H and O–H groups in total. The summed E-state index contributed by atoms with van der Waals surface area (Å²) < 4.78 is 2.00. The van der Waals surface area contributed by atoms with E-state index in [1.807, 2.05) is 70.7 Å². The van der Waals surface area contributed by atoms with Gasteiger partial charge in [0.1, 0.15) is 0 Å². The van der Waals surface area contributed by atoms with Crippen LogP contribution < -0.4 is 10.6 Å². The Kier molecular flexibility index (Phi) is 4.41. The Morgan fingerprint density at radius 3 is 2.31 bits per heavy atom. The number of benzene rings is 2. The molecule has 130 valence electrons. The molecule has 4 rings (SSSR count). The SMILES string of the molecule is CCc1ccc(NC(=O)Nc2ccc(-c3cn4ccsc4n3)cc2)cc1. The Bertz CT molecular complexity index is 1000. The molecule has 4 aromatic rings. The molecule has 2 amide bonds. The van der Waals surface area contributed by atoms with E-state index >= 15 is 0 Å². The molecule has 0 saturated heterocycles. The molecule has 0 radical (unpaired) electrons. The molecule has 2 heterocycles. The monoisotopic (exact) mass is 362 g/mol. The number of fused-ring (bicyclic) bond motifs is 1. The zero-order valence-corrected chi connectivity index (χ0v) is 15.1. The first kappa shape index (κ1) is 16.4. The third-order valence-electron chi connectivity index (χ3n) is 4.15. The quantitative estimate of drug-likeness (QED) is 0.520. The summed E-state index contributed by atoms with van der Waals surface area (Å²) in [5.74, 6) is 0. The van der Waals surface area contributed by atoms with Gasteiger partial charge in [0.05, 0.1) is 5.69 Å². The van der Waals surface area contributed by atoms with E-state index in [9.17, 15) is 4.79 Å². The average Bonchev–Trinajstić information content (AvgIpc) is 3.25. The highest BCUT2D eigenvalue weighted by Crippen LogP contribution is 2.23. The minimum Gasteiger partial charge on any atom is -0.308 e. The second kappa shape index (κ2) is 7.01. The van der Waals surface area contributed by atoms with Crippen LogP contribution in [0.2, 0.25) is 0 Å². The number of carbonyl (C=O) groups excluding carboxylic acids is 1. The van der Waals surface area contributed by atoms with Crippen LogP contribution in [0.4, 0.5) is 16.2 Å². The molecule has 2 aromatic carbocycles. The summed E-state index contributed by atoms with van der Waals surface area (Å²) in [5, 5.41) is 7.69. The molecule has 0 fully saturated rings. The number of anilines is 2. The number of nitrogens with one attached hydrogen (secondary N) is 2. The van der Waals surface area contributed by atoms with E-state index in [2.05, 4.69) is 22.5 Å². The minimum absolute atomic E-state index is 0.260. The molecular formula is C20H18N4OS. The van der Waals surface area contributed by atoms with Gasteiger partial charge in [0.15, 0.2) is 4.96 Å². The van der Waals surface area contributed by atoms with Crippen LogP contribution in [0.3, 0.4) is 0 Å². The van der Waals surface area contributed by atoms with Gasteiger partial charge >= 0.3 is 6.03 Å². The number of carbonyl (C=O) groups is 1. The van der Waals surface area contributed by atoms with Crippen LogP contribution in [0.15, 0.2) is 66.3 Å². The summed E-state index contributed by atoms with van der Waals surface area (Å²) >= 11 is 1.60. The standard InChI is InChI=1S/C20H18N4OS/c1-2-14-3-7-16(8-4-14)21-19(25)22-17-9-5-15(6-10-17)18-13-24-11-12-26-20(24)23-18/h3-13H,2H2,1H3,(H2,21,22,25). The topological polar surface area (TPSA) is 58.4 Å². The number of hydrogen-bond acceptors (Lipinski definition) is 3. The molecular weight excluding hydrogens is 344 g/mol. The molecule has 2 aromatic heterocycles. The van der Waals surface area contributed by atoms with Crippen molar-refractivity contribution in [2.24, 2.45) is 0 Å². The van der Waals surface area contributed by atoms with E-state index in [4.69, 9.17) is 0 Å². The van der Waals surface area contributed by atoms with Crippen molar-refractivity contribution in [1.82, 2.24) is 9.38 Å². The second-order valence-corrected chi connectivity index (χ2v) is 6.80. The van der Waals surface area contributed by atoms with Crippen molar-refractivity contribution in [2.45, 2.75) is 13.3 Å². The highest BCUT2D eigenvalue weighted by atomic mass is 32.1. The Balaban J connectivity index is 1.41. The Hall–Kier alpha value is -3.12. The van der Waals surface area contributed by atoms with E-state index in [1.165, 1.54) is 5.56 Å². The Morgan fingerprint density at radius 1 is 1.04 bits per heavy atom.